The molecular weight excluding hydrogens is 315 g/mol. The zero-order chi connectivity index (χ0) is 16.8. The number of carbonyl (C=O) groups is 1. The summed E-state index contributed by atoms with van der Waals surface area (Å²) in [5, 5.41) is 3.04. The molecule has 5 nitrogen and oxygen atoms in total. The van der Waals surface area contributed by atoms with Gasteiger partial charge in [-0.3, -0.25) is 15.6 Å². The molecule has 0 unspecified atom stereocenters. The second-order valence-corrected chi connectivity index (χ2v) is 5.39. The fourth-order valence-corrected chi connectivity index (χ4v) is 1.98. The molecule has 0 aliphatic heterocycles. The van der Waals surface area contributed by atoms with Crippen LogP contribution in [0.2, 0.25) is 0 Å². The van der Waals surface area contributed by atoms with Crippen LogP contribution in [0.15, 0.2) is 48.5 Å². The van der Waals surface area contributed by atoms with Gasteiger partial charge in [0.05, 0.1) is 0 Å². The van der Waals surface area contributed by atoms with Gasteiger partial charge in [-0.05, 0) is 54.7 Å². The van der Waals surface area contributed by atoms with Crippen molar-refractivity contribution in [3.63, 3.8) is 0 Å². The summed E-state index contributed by atoms with van der Waals surface area (Å²) in [4.78, 5) is 14.0. The summed E-state index contributed by atoms with van der Waals surface area (Å²) in [6, 6.07) is 12.9. The molecule has 0 bridgehead atoms. The van der Waals surface area contributed by atoms with Gasteiger partial charge >= 0.3 is 0 Å². The molecule has 0 radical (unpaired) electrons. The topological polar surface area (TPSA) is 56.4 Å². The number of hydrogen-bond donors (Lipinski definition) is 3. The Morgan fingerprint density at radius 1 is 1.09 bits per heavy atom. The molecule has 2 aromatic rings. The van der Waals surface area contributed by atoms with Crippen LogP contribution in [-0.2, 0) is 0 Å². The molecule has 7 heteroatoms. The molecule has 0 saturated carbocycles. The van der Waals surface area contributed by atoms with Gasteiger partial charge in [-0.25, -0.2) is 4.39 Å². The average molecular weight is 332 g/mol. The predicted octanol–water partition coefficient (Wildman–Crippen LogP) is 2.52. The maximum Gasteiger partial charge on any atom is 0.269 e. The number of rotatable bonds is 3. The van der Waals surface area contributed by atoms with Crippen molar-refractivity contribution >= 4 is 34.6 Å². The molecule has 0 heterocycles. The largest absolute Gasteiger partial charge is 0.378 e. The summed E-state index contributed by atoms with van der Waals surface area (Å²) in [6.07, 6.45) is 0. The highest BCUT2D eigenvalue weighted by Crippen LogP contribution is 2.13. The minimum absolute atomic E-state index is 0.203. The van der Waals surface area contributed by atoms with E-state index in [1.54, 1.807) is 30.3 Å². The first-order valence-corrected chi connectivity index (χ1v) is 7.27. The van der Waals surface area contributed by atoms with Crippen LogP contribution in [0.1, 0.15) is 10.4 Å². The third-order valence-electron chi connectivity index (χ3n) is 3.02. The summed E-state index contributed by atoms with van der Waals surface area (Å²) < 4.78 is 12.8. The summed E-state index contributed by atoms with van der Waals surface area (Å²) in [7, 11) is 3.80. The number of thiocarbonyl (C=S) groups is 1. The van der Waals surface area contributed by atoms with E-state index < -0.39 is 0 Å². The lowest BCUT2D eigenvalue weighted by molar-refractivity contribution is 0.0944. The predicted molar refractivity (Wildman–Crippen MR) is 94.0 cm³/mol. The molecule has 120 valence electrons. The summed E-state index contributed by atoms with van der Waals surface area (Å²) >= 11 is 5.07. The second-order valence-electron chi connectivity index (χ2n) is 4.98. The minimum atomic E-state index is -0.330. The third kappa shape index (κ3) is 4.93. The molecule has 0 saturated heterocycles. The van der Waals surface area contributed by atoms with Crippen LogP contribution in [-0.4, -0.2) is 25.1 Å². The van der Waals surface area contributed by atoms with Gasteiger partial charge in [0.25, 0.3) is 5.91 Å². The number of benzene rings is 2. The Bertz CT molecular complexity index is 703. The third-order valence-corrected chi connectivity index (χ3v) is 3.22. The lowest BCUT2D eigenvalue weighted by atomic mass is 10.2. The molecule has 3 N–H and O–H groups in total. The van der Waals surface area contributed by atoms with Crippen molar-refractivity contribution in [1.82, 2.24) is 10.9 Å². The van der Waals surface area contributed by atoms with Crippen LogP contribution >= 0.6 is 12.2 Å². The molecule has 1 amide bonds. The van der Waals surface area contributed by atoms with Crippen molar-refractivity contribution in [2.24, 2.45) is 0 Å². The zero-order valence-electron chi connectivity index (χ0n) is 12.8. The fraction of sp³-hybridized carbons (Fsp3) is 0.125. The van der Waals surface area contributed by atoms with E-state index in [0.29, 0.717) is 11.3 Å². The lowest BCUT2D eigenvalue weighted by Crippen LogP contribution is -2.43. The van der Waals surface area contributed by atoms with Crippen molar-refractivity contribution in [1.29, 1.82) is 0 Å². The monoisotopic (exact) mass is 332 g/mol. The number of anilines is 2. The number of halogens is 1. The van der Waals surface area contributed by atoms with Crippen molar-refractivity contribution < 1.29 is 9.18 Å². The van der Waals surface area contributed by atoms with Crippen molar-refractivity contribution in [2.75, 3.05) is 24.3 Å². The molecule has 0 aliphatic rings. The molecule has 2 aromatic carbocycles. The maximum absolute atomic E-state index is 12.8. The van der Waals surface area contributed by atoms with E-state index in [4.69, 9.17) is 12.2 Å². The Morgan fingerprint density at radius 2 is 1.78 bits per heavy atom. The number of nitrogens with zero attached hydrogens (tertiary/aromatic N) is 1. The highest BCUT2D eigenvalue weighted by atomic mass is 32.1. The van der Waals surface area contributed by atoms with E-state index in [-0.39, 0.29) is 16.8 Å². The van der Waals surface area contributed by atoms with Gasteiger partial charge in [-0.1, -0.05) is 6.07 Å². The highest BCUT2D eigenvalue weighted by molar-refractivity contribution is 7.80. The molecule has 0 fully saturated rings. The maximum atomic E-state index is 12.8. The van der Waals surface area contributed by atoms with E-state index in [1.807, 2.05) is 25.1 Å². The quantitative estimate of drug-likeness (QED) is 0.596. The van der Waals surface area contributed by atoms with E-state index >= 15 is 0 Å². The number of hydrazine groups is 1. The Labute approximate surface area is 139 Å². The van der Waals surface area contributed by atoms with Crippen LogP contribution in [0.25, 0.3) is 0 Å². The second kappa shape index (κ2) is 7.55. The standard InChI is InChI=1S/C16H17FN4OS/c1-21(2)14-5-3-4-11(10-14)15(22)19-20-16(23)18-13-8-6-12(17)7-9-13/h3-10H,1-2H3,(H,19,22)(H2,18,20,23). The van der Waals surface area contributed by atoms with E-state index in [1.165, 1.54) is 12.1 Å². The van der Waals surface area contributed by atoms with Crippen LogP contribution in [0.4, 0.5) is 15.8 Å². The molecule has 0 atom stereocenters. The van der Waals surface area contributed by atoms with Gasteiger partial charge in [0.1, 0.15) is 5.82 Å². The van der Waals surface area contributed by atoms with E-state index in [2.05, 4.69) is 16.2 Å². The Morgan fingerprint density at radius 3 is 2.43 bits per heavy atom. The van der Waals surface area contributed by atoms with E-state index in [0.717, 1.165) is 5.69 Å². The average Bonchev–Trinajstić information content (AvgIpc) is 2.55. The smallest absolute Gasteiger partial charge is 0.269 e. The van der Waals surface area contributed by atoms with Crippen LogP contribution in [0.5, 0.6) is 0 Å². The molecule has 0 aliphatic carbocycles. The van der Waals surface area contributed by atoms with Crippen molar-refractivity contribution in [3.05, 3.63) is 59.9 Å². The van der Waals surface area contributed by atoms with Gasteiger partial charge in [0, 0.05) is 31.0 Å². The van der Waals surface area contributed by atoms with Crippen molar-refractivity contribution in [3.8, 4) is 0 Å². The first-order chi connectivity index (χ1) is 11.0. The highest BCUT2D eigenvalue weighted by Gasteiger charge is 2.07. The van der Waals surface area contributed by atoms with Crippen molar-refractivity contribution in [2.45, 2.75) is 0 Å². The van der Waals surface area contributed by atoms with Gasteiger partial charge in [0.15, 0.2) is 5.11 Å². The van der Waals surface area contributed by atoms with Crippen LogP contribution in [0, 0.1) is 5.82 Å². The molecule has 0 aromatic heterocycles. The summed E-state index contributed by atoms with van der Waals surface area (Å²) in [5.41, 5.74) is 7.16. The first-order valence-electron chi connectivity index (χ1n) is 6.86. The Kier molecular flexibility index (Phi) is 5.48. The van der Waals surface area contributed by atoms with Gasteiger partial charge in [0.2, 0.25) is 0 Å². The van der Waals surface area contributed by atoms with Gasteiger partial charge in [-0.2, -0.15) is 0 Å². The fourth-order valence-electron chi connectivity index (χ4n) is 1.81. The molecule has 0 spiro atoms. The Balaban J connectivity index is 1.89. The lowest BCUT2D eigenvalue weighted by Gasteiger charge is -2.14. The molecule has 23 heavy (non-hydrogen) atoms. The van der Waals surface area contributed by atoms with Gasteiger partial charge in [-0.15, -0.1) is 0 Å². The number of carbonyl (C=O) groups excluding carboxylic acids is 1. The normalized spacial score (nSPS) is 9.87. The minimum Gasteiger partial charge on any atom is -0.378 e. The van der Waals surface area contributed by atoms with E-state index in [9.17, 15) is 9.18 Å². The number of amides is 1. The Hall–Kier alpha value is -2.67. The number of nitrogens with one attached hydrogen (secondary N) is 3. The number of hydrogen-bond acceptors (Lipinski definition) is 3. The van der Waals surface area contributed by atoms with Crippen LogP contribution < -0.4 is 21.1 Å². The molecule has 2 rings (SSSR count). The molecular formula is C16H17FN4OS. The van der Waals surface area contributed by atoms with Gasteiger partial charge < -0.3 is 10.2 Å². The summed E-state index contributed by atoms with van der Waals surface area (Å²) in [5.74, 6) is -0.638. The first kappa shape index (κ1) is 16.7. The SMILES string of the molecule is CN(C)c1cccc(C(=O)NNC(=S)Nc2ccc(F)cc2)c1. The van der Waals surface area contributed by atoms with Crippen LogP contribution in [0.3, 0.4) is 0 Å². The zero-order valence-corrected chi connectivity index (χ0v) is 13.6. The summed E-state index contributed by atoms with van der Waals surface area (Å²) in [6.45, 7) is 0.